The second-order valence-corrected chi connectivity index (χ2v) is 8.95. The van der Waals surface area contributed by atoms with Crippen molar-refractivity contribution in [2.45, 2.75) is 49.7 Å². The number of H-pyrrole nitrogens is 1. The lowest BCUT2D eigenvalue weighted by Gasteiger charge is -2.44. The Bertz CT molecular complexity index is 1120. The van der Waals surface area contributed by atoms with Crippen LogP contribution in [0.5, 0.6) is 5.75 Å². The number of aromatic nitrogens is 1. The summed E-state index contributed by atoms with van der Waals surface area (Å²) in [7, 11) is 1.67. The summed E-state index contributed by atoms with van der Waals surface area (Å²) in [5.74, 6) is 0.323. The van der Waals surface area contributed by atoms with E-state index in [1.54, 1.807) is 19.4 Å². The van der Waals surface area contributed by atoms with Gasteiger partial charge in [-0.1, -0.05) is 23.7 Å². The predicted molar refractivity (Wildman–Crippen MR) is 125 cm³/mol. The van der Waals surface area contributed by atoms with Gasteiger partial charge in [-0.2, -0.15) is 0 Å². The largest absolute Gasteiger partial charge is 0.489 e. The molecule has 5 nitrogen and oxygen atoms in total. The topological polar surface area (TPSA) is 77.3 Å². The number of rotatable bonds is 7. The molecular formula is C25H28ClFN2O3. The summed E-state index contributed by atoms with van der Waals surface area (Å²) in [6.07, 6.45) is 5.54. The monoisotopic (exact) mass is 458 g/mol. The maximum Gasteiger partial charge on any atom is 0.255 e. The van der Waals surface area contributed by atoms with Crippen LogP contribution >= 0.6 is 11.6 Å². The summed E-state index contributed by atoms with van der Waals surface area (Å²) in [5, 5.41) is 1.74. The van der Waals surface area contributed by atoms with Crippen molar-refractivity contribution in [3.05, 3.63) is 75.4 Å². The van der Waals surface area contributed by atoms with Crippen molar-refractivity contribution in [3.8, 4) is 5.75 Å². The van der Waals surface area contributed by atoms with Crippen LogP contribution in [0.4, 0.5) is 4.39 Å². The Morgan fingerprint density at radius 3 is 2.62 bits per heavy atom. The van der Waals surface area contributed by atoms with E-state index < -0.39 is 0 Å². The second kappa shape index (κ2) is 9.61. The van der Waals surface area contributed by atoms with Crippen LogP contribution in [0.3, 0.4) is 0 Å². The molecule has 0 amide bonds. The Kier molecular flexibility index (Phi) is 6.84. The van der Waals surface area contributed by atoms with Gasteiger partial charge in [0.1, 0.15) is 11.6 Å². The fraction of sp³-hybridized carbons (Fsp3) is 0.400. The van der Waals surface area contributed by atoms with Gasteiger partial charge in [-0.25, -0.2) is 4.39 Å². The fourth-order valence-corrected chi connectivity index (χ4v) is 5.07. The molecule has 4 rings (SSSR count). The van der Waals surface area contributed by atoms with Gasteiger partial charge in [-0.05, 0) is 73.4 Å². The molecule has 0 saturated heterocycles. The average molecular weight is 459 g/mol. The first-order chi connectivity index (χ1) is 15.4. The zero-order valence-electron chi connectivity index (χ0n) is 18.1. The van der Waals surface area contributed by atoms with Crippen LogP contribution in [0, 0.1) is 5.82 Å². The van der Waals surface area contributed by atoms with E-state index in [2.05, 4.69) is 4.98 Å². The number of methoxy groups -OCH3 is 1. The van der Waals surface area contributed by atoms with Gasteiger partial charge in [0.05, 0.1) is 11.1 Å². The van der Waals surface area contributed by atoms with E-state index in [0.717, 1.165) is 43.1 Å². The number of fused-ring (bicyclic) bond motifs is 1. The summed E-state index contributed by atoms with van der Waals surface area (Å²) in [6, 6.07) is 11.9. The van der Waals surface area contributed by atoms with Crippen LogP contribution in [-0.2, 0) is 10.2 Å². The minimum Gasteiger partial charge on any atom is -0.489 e. The third kappa shape index (κ3) is 4.53. The van der Waals surface area contributed by atoms with Crippen molar-refractivity contribution in [3.63, 3.8) is 0 Å². The van der Waals surface area contributed by atoms with Gasteiger partial charge in [-0.15, -0.1) is 0 Å². The number of nitrogens with two attached hydrogens (primary N) is 1. The lowest BCUT2D eigenvalue weighted by atomic mass is 9.64. The van der Waals surface area contributed by atoms with Crippen molar-refractivity contribution in [1.29, 1.82) is 0 Å². The first-order valence-electron chi connectivity index (χ1n) is 10.9. The molecule has 32 heavy (non-hydrogen) atoms. The molecule has 1 aromatic heterocycles. The highest BCUT2D eigenvalue weighted by Gasteiger charge is 2.42. The summed E-state index contributed by atoms with van der Waals surface area (Å²) >= 11 is 6.42. The maximum absolute atomic E-state index is 13.6. The molecule has 0 aliphatic heterocycles. The Morgan fingerprint density at radius 2 is 1.94 bits per heavy atom. The van der Waals surface area contributed by atoms with Crippen LogP contribution in [0.2, 0.25) is 5.02 Å². The van der Waals surface area contributed by atoms with Gasteiger partial charge < -0.3 is 20.2 Å². The number of ether oxygens (including phenoxy) is 2. The minimum atomic E-state index is -0.257. The van der Waals surface area contributed by atoms with E-state index in [9.17, 15) is 9.18 Å². The first kappa shape index (κ1) is 22.8. The van der Waals surface area contributed by atoms with E-state index in [4.69, 9.17) is 26.8 Å². The molecule has 1 saturated carbocycles. The van der Waals surface area contributed by atoms with E-state index >= 15 is 0 Å². The van der Waals surface area contributed by atoms with Gasteiger partial charge in [0.15, 0.2) is 0 Å². The van der Waals surface area contributed by atoms with Crippen LogP contribution < -0.4 is 16.0 Å². The number of halogens is 2. The molecule has 2 aromatic carbocycles. The van der Waals surface area contributed by atoms with Crippen molar-refractivity contribution < 1.29 is 13.9 Å². The molecule has 0 radical (unpaired) electrons. The van der Waals surface area contributed by atoms with Crippen LogP contribution in [-0.4, -0.2) is 30.8 Å². The van der Waals surface area contributed by atoms with Crippen molar-refractivity contribution in [2.24, 2.45) is 5.73 Å². The van der Waals surface area contributed by atoms with Gasteiger partial charge >= 0.3 is 0 Å². The predicted octanol–water partition coefficient (Wildman–Crippen LogP) is 4.94. The Hall–Kier alpha value is -2.41. The zero-order valence-corrected chi connectivity index (χ0v) is 18.8. The molecule has 3 aromatic rings. The lowest BCUT2D eigenvalue weighted by molar-refractivity contribution is 0.0942. The number of hydrogen-bond donors (Lipinski definition) is 2. The highest BCUT2D eigenvalue weighted by molar-refractivity contribution is 6.32. The molecule has 0 spiro atoms. The smallest absolute Gasteiger partial charge is 0.255 e. The van der Waals surface area contributed by atoms with Gasteiger partial charge in [0, 0.05) is 36.8 Å². The lowest BCUT2D eigenvalue weighted by Crippen LogP contribution is -2.49. The highest BCUT2D eigenvalue weighted by Crippen LogP contribution is 2.44. The standard InChI is InChI=1S/C25H28ClFN2O3/c1-31-13-9-23(28)25(17-2-4-18(27)5-3-17)10-6-19(7-11-25)32-22-14-16-8-12-29-24(30)20(16)15-21(22)26/h2-5,8,12,14-15,19,23H,6-7,9-11,13,28H2,1H3,(H,29,30)/t19-,23-,25-/m1/s1. The average Bonchev–Trinajstić information content (AvgIpc) is 2.80. The van der Waals surface area contributed by atoms with Crippen molar-refractivity contribution in [1.82, 2.24) is 4.98 Å². The highest BCUT2D eigenvalue weighted by atomic mass is 35.5. The zero-order chi connectivity index (χ0) is 22.7. The summed E-state index contributed by atoms with van der Waals surface area (Å²) in [6.45, 7) is 0.579. The first-order valence-corrected chi connectivity index (χ1v) is 11.3. The third-order valence-electron chi connectivity index (χ3n) is 6.71. The van der Waals surface area contributed by atoms with E-state index in [-0.39, 0.29) is 28.9 Å². The van der Waals surface area contributed by atoms with Crippen LogP contribution in [0.25, 0.3) is 10.8 Å². The summed E-state index contributed by atoms with van der Waals surface area (Å²) in [5.41, 5.74) is 7.29. The fourth-order valence-electron chi connectivity index (χ4n) is 4.86. The summed E-state index contributed by atoms with van der Waals surface area (Å²) < 4.78 is 25.1. The quantitative estimate of drug-likeness (QED) is 0.525. The molecule has 0 unspecified atom stereocenters. The Balaban J connectivity index is 1.54. The minimum absolute atomic E-state index is 0.0184. The molecule has 7 heteroatoms. The van der Waals surface area contributed by atoms with Crippen LogP contribution in [0.15, 0.2) is 53.5 Å². The molecule has 0 bridgehead atoms. The summed E-state index contributed by atoms with van der Waals surface area (Å²) in [4.78, 5) is 14.7. The van der Waals surface area contributed by atoms with Crippen molar-refractivity contribution in [2.75, 3.05) is 13.7 Å². The Labute approximate surface area is 191 Å². The number of hydrogen-bond acceptors (Lipinski definition) is 4. The molecule has 1 aliphatic rings. The van der Waals surface area contributed by atoms with Crippen LogP contribution in [0.1, 0.15) is 37.7 Å². The van der Waals surface area contributed by atoms with E-state index in [1.165, 1.54) is 12.1 Å². The molecule has 1 atom stereocenters. The number of nitrogens with one attached hydrogen (secondary N) is 1. The van der Waals surface area contributed by atoms with E-state index in [1.807, 2.05) is 24.3 Å². The van der Waals surface area contributed by atoms with Crippen molar-refractivity contribution >= 4 is 22.4 Å². The van der Waals surface area contributed by atoms with E-state index in [0.29, 0.717) is 22.8 Å². The molecule has 3 N–H and O–H groups in total. The number of pyridine rings is 1. The molecular weight excluding hydrogens is 431 g/mol. The molecule has 1 fully saturated rings. The molecule has 1 aliphatic carbocycles. The SMILES string of the molecule is COCC[C@@H](N)[C@]1(c2ccc(F)cc2)CC[C@@H](Oc2cc3cc[nH]c(=O)c3cc2Cl)CC1. The van der Waals surface area contributed by atoms with Gasteiger partial charge in [-0.3, -0.25) is 4.79 Å². The Morgan fingerprint density at radius 1 is 1.22 bits per heavy atom. The third-order valence-corrected chi connectivity index (χ3v) is 7.00. The number of benzene rings is 2. The molecule has 1 heterocycles. The normalized spacial score (nSPS) is 22.1. The molecule has 170 valence electrons. The maximum atomic E-state index is 13.6. The number of aromatic amines is 1. The van der Waals surface area contributed by atoms with Gasteiger partial charge in [0.25, 0.3) is 5.56 Å². The second-order valence-electron chi connectivity index (χ2n) is 8.54. The van der Waals surface area contributed by atoms with Gasteiger partial charge in [0.2, 0.25) is 0 Å².